The smallest absolute Gasteiger partial charge is 0.146 e. The normalized spacial score (nSPS) is 10.6. The van der Waals surface area contributed by atoms with Crippen LogP contribution in [-0.4, -0.2) is 4.98 Å². The number of anilines is 1. The Morgan fingerprint density at radius 1 is 1.24 bits per heavy atom. The number of aromatic nitrogens is 1. The van der Waals surface area contributed by atoms with E-state index in [1.54, 1.807) is 5.51 Å². The molecule has 0 spiro atoms. The minimum Gasteiger partial charge on any atom is -0.378 e. The highest BCUT2D eigenvalue weighted by molar-refractivity contribution is 7.09. The molecule has 0 amide bonds. The number of nitrogens with one attached hydrogen (secondary N) is 1. The zero-order valence-corrected chi connectivity index (χ0v) is 10.4. The molecule has 0 radical (unpaired) electrons. The molecule has 1 aromatic carbocycles. The van der Waals surface area contributed by atoms with Crippen molar-refractivity contribution in [2.45, 2.75) is 20.4 Å². The molecule has 2 aromatic rings. The summed E-state index contributed by atoms with van der Waals surface area (Å²) in [5, 5.41) is 2.88. The van der Waals surface area contributed by atoms with Crippen molar-refractivity contribution in [2.75, 3.05) is 5.32 Å². The molecule has 0 bridgehead atoms. The van der Waals surface area contributed by atoms with E-state index in [4.69, 9.17) is 0 Å². The summed E-state index contributed by atoms with van der Waals surface area (Å²) in [5.41, 5.74) is 3.14. The van der Waals surface area contributed by atoms with Crippen LogP contribution < -0.4 is 5.32 Å². The van der Waals surface area contributed by atoms with Gasteiger partial charge < -0.3 is 5.32 Å². The summed E-state index contributed by atoms with van der Waals surface area (Å²) >= 11 is 1.49. The summed E-state index contributed by atoms with van der Waals surface area (Å²) < 4.78 is 26.8. The molecule has 0 saturated heterocycles. The standard InChI is InChI=1S/C12H12F2N2S/c1-7-3-10(14)11(4-9(7)13)15-5-12-8(2)16-6-17-12/h3-4,6,15H,5H2,1-2H3. The molecule has 1 N–H and O–H groups in total. The van der Waals surface area contributed by atoms with Gasteiger partial charge in [-0.05, 0) is 25.5 Å². The Hall–Kier alpha value is -1.49. The van der Waals surface area contributed by atoms with Gasteiger partial charge in [-0.3, -0.25) is 0 Å². The van der Waals surface area contributed by atoms with E-state index in [9.17, 15) is 8.78 Å². The average molecular weight is 254 g/mol. The van der Waals surface area contributed by atoms with Gasteiger partial charge in [-0.2, -0.15) is 0 Å². The summed E-state index contributed by atoms with van der Waals surface area (Å²) in [6.45, 7) is 3.88. The molecular weight excluding hydrogens is 242 g/mol. The van der Waals surface area contributed by atoms with Crippen LogP contribution in [0.2, 0.25) is 0 Å². The number of benzene rings is 1. The number of nitrogens with zero attached hydrogens (tertiary/aromatic N) is 1. The largest absolute Gasteiger partial charge is 0.378 e. The SMILES string of the molecule is Cc1cc(F)c(NCc2scnc2C)cc1F. The zero-order valence-electron chi connectivity index (χ0n) is 9.55. The number of hydrogen-bond donors (Lipinski definition) is 1. The Balaban J connectivity index is 2.14. The highest BCUT2D eigenvalue weighted by atomic mass is 32.1. The molecule has 0 aliphatic heterocycles. The van der Waals surface area contributed by atoms with Crippen LogP contribution in [0.4, 0.5) is 14.5 Å². The molecular formula is C12H12F2N2S. The van der Waals surface area contributed by atoms with Crippen molar-refractivity contribution in [3.8, 4) is 0 Å². The quantitative estimate of drug-likeness (QED) is 0.904. The van der Waals surface area contributed by atoms with Gasteiger partial charge >= 0.3 is 0 Å². The lowest BCUT2D eigenvalue weighted by molar-refractivity contribution is 0.594. The summed E-state index contributed by atoms with van der Waals surface area (Å²) in [7, 11) is 0. The van der Waals surface area contributed by atoms with Crippen LogP contribution in [0.15, 0.2) is 17.6 Å². The second-order valence-electron chi connectivity index (χ2n) is 3.80. The fourth-order valence-corrected chi connectivity index (χ4v) is 2.17. The van der Waals surface area contributed by atoms with Gasteiger partial charge in [0, 0.05) is 10.9 Å². The third-order valence-electron chi connectivity index (χ3n) is 2.53. The molecule has 1 aromatic heterocycles. The molecule has 0 unspecified atom stereocenters. The van der Waals surface area contributed by atoms with Gasteiger partial charge in [0.25, 0.3) is 0 Å². The maximum Gasteiger partial charge on any atom is 0.146 e. The number of aryl methyl sites for hydroxylation is 2. The lowest BCUT2D eigenvalue weighted by atomic mass is 10.2. The molecule has 0 atom stereocenters. The van der Waals surface area contributed by atoms with Gasteiger partial charge in [-0.15, -0.1) is 11.3 Å². The number of halogens is 2. The summed E-state index contributed by atoms with van der Waals surface area (Å²) in [6.07, 6.45) is 0. The van der Waals surface area contributed by atoms with Gasteiger partial charge in [-0.25, -0.2) is 13.8 Å². The third-order valence-corrected chi connectivity index (χ3v) is 3.47. The van der Waals surface area contributed by atoms with Crippen LogP contribution in [0.25, 0.3) is 0 Å². The number of rotatable bonds is 3. The van der Waals surface area contributed by atoms with Gasteiger partial charge in [0.05, 0.1) is 23.4 Å². The molecule has 0 saturated carbocycles. The van der Waals surface area contributed by atoms with Gasteiger partial charge in [0.1, 0.15) is 11.6 Å². The summed E-state index contributed by atoms with van der Waals surface area (Å²) in [4.78, 5) is 5.11. The molecule has 0 aliphatic carbocycles. The number of hydrogen-bond acceptors (Lipinski definition) is 3. The Labute approximate surface area is 102 Å². The van der Waals surface area contributed by atoms with Crippen molar-refractivity contribution in [3.05, 3.63) is 45.4 Å². The van der Waals surface area contributed by atoms with Crippen LogP contribution in [0, 0.1) is 25.5 Å². The van der Waals surface area contributed by atoms with Crippen molar-refractivity contribution in [1.82, 2.24) is 4.98 Å². The molecule has 1 heterocycles. The summed E-state index contributed by atoms with van der Waals surface area (Å²) in [5.74, 6) is -0.846. The molecule has 2 rings (SSSR count). The Morgan fingerprint density at radius 3 is 2.65 bits per heavy atom. The Morgan fingerprint density at radius 2 is 2.00 bits per heavy atom. The zero-order chi connectivity index (χ0) is 12.4. The van der Waals surface area contributed by atoms with Crippen LogP contribution >= 0.6 is 11.3 Å². The van der Waals surface area contributed by atoms with E-state index in [1.807, 2.05) is 6.92 Å². The highest BCUT2D eigenvalue weighted by Gasteiger charge is 2.08. The fraction of sp³-hybridized carbons (Fsp3) is 0.250. The van der Waals surface area contributed by atoms with Crippen molar-refractivity contribution in [3.63, 3.8) is 0 Å². The first kappa shape index (κ1) is 12.0. The first-order valence-electron chi connectivity index (χ1n) is 5.16. The van der Waals surface area contributed by atoms with E-state index in [1.165, 1.54) is 30.4 Å². The molecule has 0 fully saturated rings. The third kappa shape index (κ3) is 2.61. The minimum absolute atomic E-state index is 0.181. The molecule has 2 nitrogen and oxygen atoms in total. The van der Waals surface area contributed by atoms with Crippen molar-refractivity contribution in [2.24, 2.45) is 0 Å². The van der Waals surface area contributed by atoms with E-state index in [0.29, 0.717) is 12.1 Å². The second kappa shape index (κ2) is 4.79. The second-order valence-corrected chi connectivity index (χ2v) is 4.74. The topological polar surface area (TPSA) is 24.9 Å². The average Bonchev–Trinajstić information content (AvgIpc) is 2.68. The maximum atomic E-state index is 13.5. The number of thiazole rings is 1. The van der Waals surface area contributed by atoms with Gasteiger partial charge in [-0.1, -0.05) is 0 Å². The fourth-order valence-electron chi connectivity index (χ4n) is 1.45. The van der Waals surface area contributed by atoms with Crippen molar-refractivity contribution < 1.29 is 8.78 Å². The summed E-state index contributed by atoms with van der Waals surface area (Å²) in [6, 6.07) is 2.37. The van der Waals surface area contributed by atoms with Gasteiger partial charge in [0.15, 0.2) is 0 Å². The molecule has 0 aliphatic rings. The van der Waals surface area contributed by atoms with E-state index in [2.05, 4.69) is 10.3 Å². The van der Waals surface area contributed by atoms with E-state index in [0.717, 1.165) is 10.6 Å². The Kier molecular flexibility index (Phi) is 3.38. The maximum absolute atomic E-state index is 13.5. The lowest BCUT2D eigenvalue weighted by Crippen LogP contribution is -2.02. The van der Waals surface area contributed by atoms with Crippen LogP contribution in [0.5, 0.6) is 0 Å². The van der Waals surface area contributed by atoms with Crippen LogP contribution in [0.1, 0.15) is 16.1 Å². The first-order chi connectivity index (χ1) is 8.08. The van der Waals surface area contributed by atoms with Crippen LogP contribution in [0.3, 0.4) is 0 Å². The predicted octanol–water partition coefficient (Wildman–Crippen LogP) is 3.65. The monoisotopic (exact) mass is 254 g/mol. The first-order valence-corrected chi connectivity index (χ1v) is 6.04. The van der Waals surface area contributed by atoms with E-state index in [-0.39, 0.29) is 5.69 Å². The van der Waals surface area contributed by atoms with Gasteiger partial charge in [0.2, 0.25) is 0 Å². The Bertz CT molecular complexity index is 537. The van der Waals surface area contributed by atoms with E-state index >= 15 is 0 Å². The molecule has 17 heavy (non-hydrogen) atoms. The lowest BCUT2D eigenvalue weighted by Gasteiger charge is -2.08. The van der Waals surface area contributed by atoms with E-state index < -0.39 is 11.6 Å². The van der Waals surface area contributed by atoms with Crippen molar-refractivity contribution in [1.29, 1.82) is 0 Å². The highest BCUT2D eigenvalue weighted by Crippen LogP contribution is 2.21. The molecule has 5 heteroatoms. The van der Waals surface area contributed by atoms with Crippen molar-refractivity contribution >= 4 is 17.0 Å². The minimum atomic E-state index is -0.439. The van der Waals surface area contributed by atoms with Crippen LogP contribution in [-0.2, 0) is 6.54 Å². The molecule has 90 valence electrons. The predicted molar refractivity (Wildman–Crippen MR) is 65.3 cm³/mol.